The first-order valence-electron chi connectivity index (χ1n) is 11.7. The third-order valence-electron chi connectivity index (χ3n) is 4.86. The number of nitrogens with zero attached hydrogens (tertiary/aromatic N) is 3. The lowest BCUT2D eigenvalue weighted by molar-refractivity contribution is 0.0527. The summed E-state index contributed by atoms with van der Waals surface area (Å²) < 4.78 is 32.8. The van der Waals surface area contributed by atoms with Crippen molar-refractivity contribution in [1.29, 1.82) is 0 Å². The number of carbonyl (C=O) groups is 1. The van der Waals surface area contributed by atoms with Crippen LogP contribution in [0.1, 0.15) is 46.5 Å². The average molecular weight is 504 g/mol. The van der Waals surface area contributed by atoms with Gasteiger partial charge in [-0.1, -0.05) is 12.8 Å². The van der Waals surface area contributed by atoms with Crippen LogP contribution in [0.25, 0.3) is 0 Å². The first-order valence-corrected chi connectivity index (χ1v) is 13.2. The summed E-state index contributed by atoms with van der Waals surface area (Å²) in [5.74, 6) is 0. The lowest BCUT2D eigenvalue weighted by Gasteiger charge is -2.19. The van der Waals surface area contributed by atoms with Crippen LogP contribution in [-0.2, 0) is 14.8 Å². The molecule has 0 saturated heterocycles. The molecule has 0 aliphatic heterocycles. The Bertz CT molecular complexity index is 1060. The second-order valence-electron chi connectivity index (χ2n) is 9.35. The molecule has 0 atom stereocenters. The van der Waals surface area contributed by atoms with Gasteiger partial charge in [0.1, 0.15) is 5.60 Å². The Balaban J connectivity index is 1.70. The number of alkyl carbamates (subject to hydrolysis) is 1. The van der Waals surface area contributed by atoms with Gasteiger partial charge in [0.25, 0.3) is 0 Å². The first-order chi connectivity index (χ1) is 16.5. The lowest BCUT2D eigenvalue weighted by Crippen LogP contribution is -2.33. The molecule has 10 heteroatoms. The quantitative estimate of drug-likeness (QED) is 0.292. The summed E-state index contributed by atoms with van der Waals surface area (Å²) in [6.07, 6.45) is 2.84. The van der Waals surface area contributed by atoms with E-state index in [0.717, 1.165) is 30.6 Å². The highest BCUT2D eigenvalue weighted by Gasteiger charge is 2.15. The fraction of sp³-hybridized carbons (Fsp3) is 0.480. The van der Waals surface area contributed by atoms with Crippen LogP contribution in [-0.4, -0.2) is 47.3 Å². The number of hydrogen-bond acceptors (Lipinski definition) is 7. The Morgan fingerprint density at radius 1 is 0.857 bits per heavy atom. The fourth-order valence-electron chi connectivity index (χ4n) is 3.02. The van der Waals surface area contributed by atoms with Gasteiger partial charge in [-0.25, -0.2) is 17.9 Å². The van der Waals surface area contributed by atoms with Gasteiger partial charge in [-0.05, 0) is 82.1 Å². The molecule has 9 nitrogen and oxygen atoms in total. The first kappa shape index (κ1) is 28.3. The number of amides is 1. The van der Waals surface area contributed by atoms with Crippen LogP contribution < -0.4 is 14.9 Å². The molecule has 0 spiro atoms. The topological polar surface area (TPSA) is 112 Å². The van der Waals surface area contributed by atoms with Gasteiger partial charge in [0, 0.05) is 32.9 Å². The lowest BCUT2D eigenvalue weighted by atomic mass is 10.2. The van der Waals surface area contributed by atoms with Crippen LogP contribution in [0.5, 0.6) is 0 Å². The largest absolute Gasteiger partial charge is 0.444 e. The van der Waals surface area contributed by atoms with E-state index in [-0.39, 0.29) is 4.90 Å². The smallest absolute Gasteiger partial charge is 0.407 e. The number of hydrogen-bond donors (Lipinski definition) is 2. The Morgan fingerprint density at radius 3 is 1.89 bits per heavy atom. The molecule has 2 N–H and O–H groups in total. The monoisotopic (exact) mass is 503 g/mol. The fourth-order valence-corrected chi connectivity index (χ4v) is 4.10. The summed E-state index contributed by atoms with van der Waals surface area (Å²) >= 11 is 0. The van der Waals surface area contributed by atoms with Crippen LogP contribution in [0.4, 0.5) is 21.9 Å². The third kappa shape index (κ3) is 10.9. The van der Waals surface area contributed by atoms with Gasteiger partial charge in [0.05, 0.1) is 16.3 Å². The Morgan fingerprint density at radius 2 is 1.37 bits per heavy atom. The summed E-state index contributed by atoms with van der Waals surface area (Å²) in [4.78, 5) is 13.8. The molecule has 0 unspecified atom stereocenters. The molecular weight excluding hydrogens is 466 g/mol. The summed E-state index contributed by atoms with van der Waals surface area (Å²) in [7, 11) is 0.353. The predicted molar refractivity (Wildman–Crippen MR) is 139 cm³/mol. The molecule has 0 aliphatic carbocycles. The number of nitrogens with one attached hydrogen (secondary N) is 2. The highest BCUT2D eigenvalue weighted by atomic mass is 32.2. The summed E-state index contributed by atoms with van der Waals surface area (Å²) in [5, 5.41) is 11.1. The van der Waals surface area contributed by atoms with E-state index in [9.17, 15) is 13.2 Å². The van der Waals surface area contributed by atoms with E-state index in [1.165, 1.54) is 12.1 Å². The Labute approximate surface area is 209 Å². The van der Waals surface area contributed by atoms with Crippen molar-refractivity contribution < 1.29 is 17.9 Å². The molecule has 0 heterocycles. The highest BCUT2D eigenvalue weighted by Crippen LogP contribution is 2.22. The third-order valence-corrected chi connectivity index (χ3v) is 6.33. The number of anilines is 1. The molecule has 0 bridgehead atoms. The van der Waals surface area contributed by atoms with Crippen molar-refractivity contribution in [3.8, 4) is 0 Å². The summed E-state index contributed by atoms with van der Waals surface area (Å²) in [6.45, 7) is 6.34. The molecule has 35 heavy (non-hydrogen) atoms. The molecule has 0 saturated carbocycles. The van der Waals surface area contributed by atoms with E-state index in [1.54, 1.807) is 12.1 Å². The maximum absolute atomic E-state index is 12.5. The number of ether oxygens (including phenoxy) is 1. The van der Waals surface area contributed by atoms with E-state index in [2.05, 4.69) is 20.3 Å². The molecule has 2 aromatic rings. The van der Waals surface area contributed by atoms with Crippen LogP contribution in [0, 0.1) is 0 Å². The molecule has 192 valence electrons. The molecule has 0 aliphatic rings. The van der Waals surface area contributed by atoms with Gasteiger partial charge in [-0.2, -0.15) is 10.2 Å². The Kier molecular flexibility index (Phi) is 10.7. The van der Waals surface area contributed by atoms with Gasteiger partial charge in [-0.3, -0.25) is 0 Å². The molecule has 0 fully saturated rings. The van der Waals surface area contributed by atoms with E-state index in [1.807, 2.05) is 64.0 Å². The average Bonchev–Trinajstić information content (AvgIpc) is 2.78. The summed E-state index contributed by atoms with van der Waals surface area (Å²) in [5.41, 5.74) is 1.85. The highest BCUT2D eigenvalue weighted by molar-refractivity contribution is 7.89. The molecular formula is C25H37N5O4S. The zero-order chi connectivity index (χ0) is 25.9. The minimum atomic E-state index is -3.58. The van der Waals surface area contributed by atoms with Gasteiger partial charge in [-0.15, -0.1) is 0 Å². The normalized spacial score (nSPS) is 12.0. The SMILES string of the molecule is CN(C)c1ccc(N=Nc2ccc(S(=O)(=O)NCCCCCCNC(=O)OC(C)(C)C)cc2)cc1. The second kappa shape index (κ2) is 13.2. The number of sulfonamides is 1. The van der Waals surface area contributed by atoms with E-state index in [0.29, 0.717) is 25.2 Å². The standard InChI is InChI=1S/C25H37N5O4S/c1-25(2,3)34-24(31)26-18-8-6-7-9-19-27-35(32,33)23-16-12-21(13-17-23)29-28-20-10-14-22(15-11-20)30(4)5/h10-17,27H,6-9,18-19H2,1-5H3,(H,26,31). The van der Waals surface area contributed by atoms with Crippen molar-refractivity contribution in [3.63, 3.8) is 0 Å². The molecule has 2 aromatic carbocycles. The van der Waals surface area contributed by atoms with Crippen molar-refractivity contribution in [1.82, 2.24) is 10.0 Å². The van der Waals surface area contributed by atoms with Crippen molar-refractivity contribution in [3.05, 3.63) is 48.5 Å². The molecule has 1 amide bonds. The minimum Gasteiger partial charge on any atom is -0.444 e. The maximum atomic E-state index is 12.5. The van der Waals surface area contributed by atoms with Gasteiger partial charge < -0.3 is 15.0 Å². The molecule has 0 radical (unpaired) electrons. The number of azo groups is 1. The number of benzene rings is 2. The second-order valence-corrected chi connectivity index (χ2v) is 11.1. The van der Waals surface area contributed by atoms with Crippen LogP contribution in [0.3, 0.4) is 0 Å². The minimum absolute atomic E-state index is 0.188. The maximum Gasteiger partial charge on any atom is 0.407 e. The zero-order valence-corrected chi connectivity index (χ0v) is 22.1. The number of unbranched alkanes of at least 4 members (excludes halogenated alkanes) is 3. The van der Waals surface area contributed by atoms with Gasteiger partial charge in [0.2, 0.25) is 10.0 Å². The van der Waals surface area contributed by atoms with Gasteiger partial charge in [0.15, 0.2) is 0 Å². The van der Waals surface area contributed by atoms with Crippen molar-refractivity contribution in [2.24, 2.45) is 10.2 Å². The summed E-state index contributed by atoms with van der Waals surface area (Å²) in [6, 6.07) is 14.0. The van der Waals surface area contributed by atoms with Gasteiger partial charge >= 0.3 is 6.09 Å². The predicted octanol–water partition coefficient (Wildman–Crippen LogP) is 5.53. The van der Waals surface area contributed by atoms with Crippen LogP contribution in [0.2, 0.25) is 0 Å². The van der Waals surface area contributed by atoms with E-state index in [4.69, 9.17) is 4.74 Å². The van der Waals surface area contributed by atoms with Crippen LogP contribution >= 0.6 is 0 Å². The number of rotatable bonds is 12. The number of carbonyl (C=O) groups excluding carboxylic acids is 1. The van der Waals surface area contributed by atoms with E-state index >= 15 is 0 Å². The van der Waals surface area contributed by atoms with Crippen LogP contribution in [0.15, 0.2) is 63.7 Å². The molecule has 2 rings (SSSR count). The van der Waals surface area contributed by atoms with Crippen molar-refractivity contribution in [2.75, 3.05) is 32.1 Å². The zero-order valence-electron chi connectivity index (χ0n) is 21.2. The van der Waals surface area contributed by atoms with Crippen molar-refractivity contribution in [2.45, 2.75) is 57.0 Å². The molecule has 0 aromatic heterocycles. The Hall–Kier alpha value is -2.98. The van der Waals surface area contributed by atoms with E-state index < -0.39 is 21.7 Å². The van der Waals surface area contributed by atoms with Crippen molar-refractivity contribution >= 4 is 33.2 Å².